The fourth-order valence-corrected chi connectivity index (χ4v) is 1.48. The summed E-state index contributed by atoms with van der Waals surface area (Å²) in [5.41, 5.74) is 0.165. The maximum Gasteiger partial charge on any atom is 0.416 e. The highest BCUT2D eigenvalue weighted by Gasteiger charge is 2.33. The average Bonchev–Trinajstić information content (AvgIpc) is 2.16. The molecule has 0 heterocycles. The third-order valence-electron chi connectivity index (χ3n) is 2.37. The van der Waals surface area contributed by atoms with E-state index < -0.39 is 11.7 Å². The predicted molar refractivity (Wildman–Crippen MR) is 54.9 cm³/mol. The zero-order chi connectivity index (χ0) is 12.3. The molecule has 0 aliphatic heterocycles. The van der Waals surface area contributed by atoms with Gasteiger partial charge in [-0.3, -0.25) is 0 Å². The highest BCUT2D eigenvalue weighted by molar-refractivity contribution is 5.36. The molecule has 0 radical (unpaired) electrons. The molecule has 0 aliphatic carbocycles. The van der Waals surface area contributed by atoms with Crippen molar-refractivity contribution in [2.45, 2.75) is 32.4 Å². The van der Waals surface area contributed by atoms with Crippen LogP contribution in [0.3, 0.4) is 0 Å². The molecule has 1 rings (SSSR count). The maximum absolute atomic E-state index is 12.6. The summed E-state index contributed by atoms with van der Waals surface area (Å²) in [5, 5.41) is 8.52. The van der Waals surface area contributed by atoms with Crippen LogP contribution in [-0.2, 0) is 12.6 Å². The Labute approximate surface area is 92.5 Å². The quantitative estimate of drug-likeness (QED) is 0.751. The van der Waals surface area contributed by atoms with Crippen molar-refractivity contribution in [2.75, 3.05) is 0 Å². The lowest BCUT2D eigenvalue weighted by Gasteiger charge is -2.14. The Balaban J connectivity index is 3.26. The smallest absolute Gasteiger partial charge is 0.198 e. The average molecular weight is 227 g/mol. The zero-order valence-corrected chi connectivity index (χ0v) is 9.10. The largest absolute Gasteiger partial charge is 0.416 e. The van der Waals surface area contributed by atoms with Crippen LogP contribution >= 0.6 is 0 Å². The van der Waals surface area contributed by atoms with E-state index in [4.69, 9.17) is 5.26 Å². The molecule has 1 aromatic carbocycles. The van der Waals surface area contributed by atoms with Gasteiger partial charge in [-0.25, -0.2) is 0 Å². The number of hydrogen-bond acceptors (Lipinski definition) is 1. The van der Waals surface area contributed by atoms with Gasteiger partial charge in [0.2, 0.25) is 0 Å². The number of benzene rings is 1. The molecule has 0 saturated heterocycles. The van der Waals surface area contributed by atoms with Gasteiger partial charge in [-0.05, 0) is 23.1 Å². The van der Waals surface area contributed by atoms with Gasteiger partial charge in [0, 0.05) is 0 Å². The van der Waals surface area contributed by atoms with E-state index in [2.05, 4.69) is 0 Å². The molecule has 0 unspecified atom stereocenters. The van der Waals surface area contributed by atoms with Crippen molar-refractivity contribution in [1.29, 1.82) is 5.26 Å². The van der Waals surface area contributed by atoms with Crippen LogP contribution in [0, 0.1) is 11.3 Å². The zero-order valence-electron chi connectivity index (χ0n) is 9.10. The van der Waals surface area contributed by atoms with E-state index in [1.165, 1.54) is 12.1 Å². The lowest BCUT2D eigenvalue weighted by atomic mass is 9.96. The molecular weight excluding hydrogens is 215 g/mol. The first-order valence-corrected chi connectivity index (χ1v) is 4.93. The summed E-state index contributed by atoms with van der Waals surface area (Å²) >= 11 is 0. The standard InChI is InChI=1S/C12H12F3N/c1-8(2)9-3-4-11(12(13,14)15)10(7-9)5-6-16/h3-4,7-8H,5H2,1-2H3. The Morgan fingerprint density at radius 2 is 1.94 bits per heavy atom. The summed E-state index contributed by atoms with van der Waals surface area (Å²) in [5.74, 6) is 0.153. The Morgan fingerprint density at radius 3 is 2.38 bits per heavy atom. The first kappa shape index (κ1) is 12.6. The predicted octanol–water partition coefficient (Wildman–Crippen LogP) is 3.89. The van der Waals surface area contributed by atoms with Gasteiger partial charge in [-0.2, -0.15) is 18.4 Å². The molecule has 1 aromatic rings. The molecule has 0 fully saturated rings. The molecule has 16 heavy (non-hydrogen) atoms. The van der Waals surface area contributed by atoms with Crippen molar-refractivity contribution in [2.24, 2.45) is 0 Å². The van der Waals surface area contributed by atoms with E-state index >= 15 is 0 Å². The number of hydrogen-bond donors (Lipinski definition) is 0. The number of nitriles is 1. The lowest BCUT2D eigenvalue weighted by Crippen LogP contribution is -2.09. The Morgan fingerprint density at radius 1 is 1.31 bits per heavy atom. The minimum Gasteiger partial charge on any atom is -0.198 e. The molecular formula is C12H12F3N. The molecule has 0 atom stereocenters. The summed E-state index contributed by atoms with van der Waals surface area (Å²) in [7, 11) is 0. The molecule has 0 aromatic heterocycles. The van der Waals surface area contributed by atoms with Gasteiger partial charge in [-0.1, -0.05) is 26.0 Å². The van der Waals surface area contributed by atoms with Gasteiger partial charge in [0.05, 0.1) is 18.1 Å². The van der Waals surface area contributed by atoms with E-state index in [1.807, 2.05) is 13.8 Å². The molecule has 0 N–H and O–H groups in total. The topological polar surface area (TPSA) is 23.8 Å². The monoisotopic (exact) mass is 227 g/mol. The van der Waals surface area contributed by atoms with Crippen molar-refractivity contribution in [3.05, 3.63) is 34.9 Å². The van der Waals surface area contributed by atoms with Gasteiger partial charge in [-0.15, -0.1) is 0 Å². The fourth-order valence-electron chi connectivity index (χ4n) is 1.48. The molecule has 0 bridgehead atoms. The van der Waals surface area contributed by atoms with Crippen LogP contribution < -0.4 is 0 Å². The van der Waals surface area contributed by atoms with Gasteiger partial charge >= 0.3 is 6.18 Å². The first-order valence-electron chi connectivity index (χ1n) is 4.93. The van der Waals surface area contributed by atoms with E-state index in [-0.39, 0.29) is 17.9 Å². The van der Waals surface area contributed by atoms with Crippen LogP contribution in [-0.4, -0.2) is 0 Å². The third kappa shape index (κ3) is 2.75. The van der Waals surface area contributed by atoms with Crippen molar-refractivity contribution in [3.63, 3.8) is 0 Å². The van der Waals surface area contributed by atoms with Crippen LogP contribution in [0.1, 0.15) is 36.5 Å². The van der Waals surface area contributed by atoms with Gasteiger partial charge in [0.15, 0.2) is 0 Å². The van der Waals surface area contributed by atoms with Gasteiger partial charge in [0.1, 0.15) is 0 Å². The number of alkyl halides is 3. The number of rotatable bonds is 2. The Bertz CT molecular complexity index is 413. The highest BCUT2D eigenvalue weighted by Crippen LogP contribution is 2.33. The van der Waals surface area contributed by atoms with Crippen LogP contribution in [0.5, 0.6) is 0 Å². The lowest BCUT2D eigenvalue weighted by molar-refractivity contribution is -0.138. The second-order valence-corrected chi connectivity index (χ2v) is 3.90. The van der Waals surface area contributed by atoms with Gasteiger partial charge < -0.3 is 0 Å². The summed E-state index contributed by atoms with van der Waals surface area (Å²) in [4.78, 5) is 0. The first-order chi connectivity index (χ1) is 7.36. The number of nitrogens with zero attached hydrogens (tertiary/aromatic N) is 1. The summed E-state index contributed by atoms with van der Waals surface area (Å²) in [6.07, 6.45) is -4.60. The maximum atomic E-state index is 12.6. The molecule has 0 saturated carbocycles. The fraction of sp³-hybridized carbons (Fsp3) is 0.417. The van der Waals surface area contributed by atoms with E-state index in [1.54, 1.807) is 6.07 Å². The van der Waals surface area contributed by atoms with Crippen molar-refractivity contribution >= 4 is 0 Å². The Hall–Kier alpha value is -1.50. The number of halogens is 3. The normalized spacial score (nSPS) is 11.6. The minimum atomic E-state index is -4.39. The van der Waals surface area contributed by atoms with Crippen LogP contribution in [0.15, 0.2) is 18.2 Å². The molecule has 0 spiro atoms. The second-order valence-electron chi connectivity index (χ2n) is 3.90. The molecule has 0 aliphatic rings. The second kappa shape index (κ2) is 4.56. The molecule has 86 valence electrons. The van der Waals surface area contributed by atoms with E-state index in [9.17, 15) is 13.2 Å². The van der Waals surface area contributed by atoms with E-state index in [0.717, 1.165) is 11.6 Å². The minimum absolute atomic E-state index is 0.0567. The van der Waals surface area contributed by atoms with Crippen molar-refractivity contribution in [3.8, 4) is 6.07 Å². The van der Waals surface area contributed by atoms with E-state index in [0.29, 0.717) is 0 Å². The molecule has 0 amide bonds. The van der Waals surface area contributed by atoms with Crippen LogP contribution in [0.25, 0.3) is 0 Å². The van der Waals surface area contributed by atoms with Gasteiger partial charge in [0.25, 0.3) is 0 Å². The van der Waals surface area contributed by atoms with Crippen molar-refractivity contribution in [1.82, 2.24) is 0 Å². The highest BCUT2D eigenvalue weighted by atomic mass is 19.4. The Kier molecular flexibility index (Phi) is 3.58. The SMILES string of the molecule is CC(C)c1ccc(C(F)(F)F)c(CC#N)c1. The van der Waals surface area contributed by atoms with Crippen LogP contribution in [0.2, 0.25) is 0 Å². The van der Waals surface area contributed by atoms with Crippen LogP contribution in [0.4, 0.5) is 13.2 Å². The third-order valence-corrected chi connectivity index (χ3v) is 2.37. The summed E-state index contributed by atoms with van der Waals surface area (Å²) < 4.78 is 37.8. The summed E-state index contributed by atoms with van der Waals surface area (Å²) in [6, 6.07) is 5.76. The summed E-state index contributed by atoms with van der Waals surface area (Å²) in [6.45, 7) is 3.80. The molecule has 1 nitrogen and oxygen atoms in total. The molecule has 4 heteroatoms. The van der Waals surface area contributed by atoms with Crippen molar-refractivity contribution < 1.29 is 13.2 Å².